The second kappa shape index (κ2) is 8.66. The quantitative estimate of drug-likeness (QED) is 0.399. The van der Waals surface area contributed by atoms with Crippen molar-refractivity contribution in [2.75, 3.05) is 13.7 Å². The standard InChI is InChI=1S/C18H14BrClO4/c1-23-17-8-5-13(10-15(17)20)16(21)11-24-18(22)9-4-12-2-6-14(19)7-3-12/h2-10H,11H2,1H3/b9-4+. The Hall–Kier alpha value is -2.11. The summed E-state index contributed by atoms with van der Waals surface area (Å²) >= 11 is 9.30. The third kappa shape index (κ3) is 5.22. The van der Waals surface area contributed by atoms with Crippen molar-refractivity contribution in [3.05, 3.63) is 69.2 Å². The van der Waals surface area contributed by atoms with Crippen LogP contribution in [-0.4, -0.2) is 25.5 Å². The number of hydrogen-bond donors (Lipinski definition) is 0. The summed E-state index contributed by atoms with van der Waals surface area (Å²) in [5.74, 6) is -0.460. The van der Waals surface area contributed by atoms with Crippen LogP contribution < -0.4 is 4.74 Å². The molecule has 0 N–H and O–H groups in total. The molecule has 0 aliphatic carbocycles. The van der Waals surface area contributed by atoms with E-state index < -0.39 is 5.97 Å². The molecule has 0 radical (unpaired) electrons. The van der Waals surface area contributed by atoms with E-state index in [-0.39, 0.29) is 12.4 Å². The highest BCUT2D eigenvalue weighted by atomic mass is 79.9. The van der Waals surface area contributed by atoms with E-state index in [0.717, 1.165) is 10.0 Å². The highest BCUT2D eigenvalue weighted by Crippen LogP contribution is 2.25. The topological polar surface area (TPSA) is 52.6 Å². The van der Waals surface area contributed by atoms with E-state index in [4.69, 9.17) is 21.1 Å². The van der Waals surface area contributed by atoms with Crippen molar-refractivity contribution in [2.45, 2.75) is 0 Å². The Balaban J connectivity index is 1.90. The molecule has 4 nitrogen and oxygen atoms in total. The molecule has 0 bridgehead atoms. The third-order valence-electron chi connectivity index (χ3n) is 3.10. The minimum Gasteiger partial charge on any atom is -0.495 e. The Morgan fingerprint density at radius 1 is 1.17 bits per heavy atom. The summed E-state index contributed by atoms with van der Waals surface area (Å²) in [7, 11) is 1.49. The molecule has 0 aliphatic rings. The fourth-order valence-electron chi connectivity index (χ4n) is 1.85. The SMILES string of the molecule is COc1ccc(C(=O)COC(=O)/C=C/c2ccc(Br)cc2)cc1Cl. The van der Waals surface area contributed by atoms with Gasteiger partial charge in [-0.15, -0.1) is 0 Å². The number of ether oxygens (including phenoxy) is 2. The van der Waals surface area contributed by atoms with Gasteiger partial charge in [-0.05, 0) is 42.0 Å². The number of carbonyl (C=O) groups is 2. The first-order valence-electron chi connectivity index (χ1n) is 6.97. The molecule has 0 aromatic heterocycles. The zero-order valence-electron chi connectivity index (χ0n) is 12.8. The third-order valence-corrected chi connectivity index (χ3v) is 3.93. The summed E-state index contributed by atoms with van der Waals surface area (Å²) < 4.78 is 10.9. The van der Waals surface area contributed by atoms with Crippen LogP contribution in [0.3, 0.4) is 0 Å². The predicted octanol–water partition coefficient (Wildman–Crippen LogP) is 4.55. The minimum absolute atomic E-state index is 0.324. The Morgan fingerprint density at radius 2 is 1.88 bits per heavy atom. The summed E-state index contributed by atoms with van der Waals surface area (Å²) in [6, 6.07) is 12.1. The Kier molecular flexibility index (Phi) is 6.58. The number of benzene rings is 2. The number of esters is 1. The number of Topliss-reactive ketones (excluding diaryl/α,β-unsaturated/α-hetero) is 1. The van der Waals surface area contributed by atoms with Crippen molar-refractivity contribution in [1.82, 2.24) is 0 Å². The van der Waals surface area contributed by atoms with Gasteiger partial charge in [-0.25, -0.2) is 4.79 Å². The van der Waals surface area contributed by atoms with Crippen LogP contribution in [0.1, 0.15) is 15.9 Å². The summed E-state index contributed by atoms with van der Waals surface area (Å²) in [4.78, 5) is 23.7. The van der Waals surface area contributed by atoms with Crippen molar-refractivity contribution in [2.24, 2.45) is 0 Å². The second-order valence-electron chi connectivity index (χ2n) is 4.77. The van der Waals surface area contributed by atoms with Gasteiger partial charge < -0.3 is 9.47 Å². The smallest absolute Gasteiger partial charge is 0.331 e. The van der Waals surface area contributed by atoms with E-state index in [0.29, 0.717) is 16.3 Å². The van der Waals surface area contributed by atoms with Gasteiger partial charge in [0.2, 0.25) is 0 Å². The van der Waals surface area contributed by atoms with Crippen LogP contribution in [0.15, 0.2) is 53.0 Å². The summed E-state index contributed by atoms with van der Waals surface area (Å²) in [5, 5.41) is 0.324. The normalized spacial score (nSPS) is 10.6. The van der Waals surface area contributed by atoms with Gasteiger partial charge in [-0.1, -0.05) is 39.7 Å². The van der Waals surface area contributed by atoms with Crippen molar-refractivity contribution < 1.29 is 19.1 Å². The van der Waals surface area contributed by atoms with Gasteiger partial charge in [0.1, 0.15) is 5.75 Å². The van der Waals surface area contributed by atoms with E-state index in [9.17, 15) is 9.59 Å². The van der Waals surface area contributed by atoms with Gasteiger partial charge in [-0.3, -0.25) is 4.79 Å². The maximum absolute atomic E-state index is 12.0. The maximum Gasteiger partial charge on any atom is 0.331 e. The largest absolute Gasteiger partial charge is 0.495 e. The van der Waals surface area contributed by atoms with Crippen LogP contribution in [0.5, 0.6) is 5.75 Å². The van der Waals surface area contributed by atoms with Crippen LogP contribution >= 0.6 is 27.5 Å². The number of methoxy groups -OCH3 is 1. The molecule has 0 spiro atoms. The van der Waals surface area contributed by atoms with Crippen LogP contribution in [0.4, 0.5) is 0 Å². The van der Waals surface area contributed by atoms with Crippen LogP contribution in [0.2, 0.25) is 5.02 Å². The zero-order chi connectivity index (χ0) is 17.5. The number of halogens is 2. The molecule has 0 saturated carbocycles. The predicted molar refractivity (Wildman–Crippen MR) is 96.5 cm³/mol. The van der Waals surface area contributed by atoms with Crippen molar-refractivity contribution in [1.29, 1.82) is 0 Å². The highest BCUT2D eigenvalue weighted by Gasteiger charge is 2.11. The molecule has 0 saturated heterocycles. The van der Waals surface area contributed by atoms with E-state index in [2.05, 4.69) is 15.9 Å². The molecule has 0 amide bonds. The summed E-state index contributed by atoms with van der Waals surface area (Å²) in [6.45, 7) is -0.355. The van der Waals surface area contributed by atoms with Crippen molar-refractivity contribution in [3.8, 4) is 5.75 Å². The molecular formula is C18H14BrClO4. The van der Waals surface area contributed by atoms with Gasteiger partial charge in [-0.2, -0.15) is 0 Å². The first-order valence-corrected chi connectivity index (χ1v) is 8.14. The van der Waals surface area contributed by atoms with Crippen LogP contribution in [-0.2, 0) is 9.53 Å². The molecule has 2 aromatic rings. The van der Waals surface area contributed by atoms with E-state index in [1.807, 2.05) is 24.3 Å². The number of rotatable bonds is 6. The molecule has 24 heavy (non-hydrogen) atoms. The summed E-state index contributed by atoms with van der Waals surface area (Å²) in [5.41, 5.74) is 1.20. The summed E-state index contributed by atoms with van der Waals surface area (Å²) in [6.07, 6.45) is 2.89. The molecule has 2 rings (SSSR count). The molecule has 0 aliphatic heterocycles. The fraction of sp³-hybridized carbons (Fsp3) is 0.111. The van der Waals surface area contributed by atoms with Gasteiger partial charge in [0.25, 0.3) is 0 Å². The lowest BCUT2D eigenvalue weighted by atomic mass is 10.1. The minimum atomic E-state index is -0.592. The molecule has 0 atom stereocenters. The van der Waals surface area contributed by atoms with Gasteiger partial charge in [0.05, 0.1) is 12.1 Å². The molecule has 0 fully saturated rings. The molecule has 6 heteroatoms. The lowest BCUT2D eigenvalue weighted by molar-refractivity contribution is -0.136. The van der Waals surface area contributed by atoms with Crippen LogP contribution in [0, 0.1) is 0 Å². The average Bonchev–Trinajstić information content (AvgIpc) is 2.59. The van der Waals surface area contributed by atoms with Gasteiger partial charge in [0, 0.05) is 16.1 Å². The second-order valence-corrected chi connectivity index (χ2v) is 6.09. The molecule has 0 unspecified atom stereocenters. The van der Waals surface area contributed by atoms with Crippen molar-refractivity contribution in [3.63, 3.8) is 0 Å². The van der Waals surface area contributed by atoms with E-state index >= 15 is 0 Å². The van der Waals surface area contributed by atoms with Gasteiger partial charge >= 0.3 is 5.97 Å². The zero-order valence-corrected chi connectivity index (χ0v) is 15.1. The van der Waals surface area contributed by atoms with Crippen LogP contribution in [0.25, 0.3) is 6.08 Å². The van der Waals surface area contributed by atoms with Gasteiger partial charge in [0.15, 0.2) is 12.4 Å². The Labute approximate surface area is 153 Å². The molecule has 124 valence electrons. The Morgan fingerprint density at radius 3 is 2.50 bits per heavy atom. The maximum atomic E-state index is 12.0. The average molecular weight is 410 g/mol. The lowest BCUT2D eigenvalue weighted by Gasteiger charge is -2.05. The number of carbonyl (C=O) groups excluding carboxylic acids is 2. The number of ketones is 1. The van der Waals surface area contributed by atoms with E-state index in [1.165, 1.54) is 19.3 Å². The Bertz CT molecular complexity index is 769. The monoisotopic (exact) mass is 408 g/mol. The lowest BCUT2D eigenvalue weighted by Crippen LogP contribution is -2.12. The van der Waals surface area contributed by atoms with E-state index in [1.54, 1.807) is 18.2 Å². The molecule has 0 heterocycles. The number of hydrogen-bond acceptors (Lipinski definition) is 4. The fourth-order valence-corrected chi connectivity index (χ4v) is 2.37. The van der Waals surface area contributed by atoms with Crippen molar-refractivity contribution >= 4 is 45.4 Å². The molecule has 2 aromatic carbocycles. The first kappa shape index (κ1) is 18.2. The first-order chi connectivity index (χ1) is 11.5. The highest BCUT2D eigenvalue weighted by molar-refractivity contribution is 9.10. The molecular weight excluding hydrogens is 396 g/mol.